The van der Waals surface area contributed by atoms with Crippen LogP contribution in [0.3, 0.4) is 0 Å². The molecule has 0 spiro atoms. The highest BCUT2D eigenvalue weighted by atomic mass is 32.1. The molecular formula is C22H17N3O2S. The lowest BCUT2D eigenvalue weighted by molar-refractivity contribution is -0.120. The van der Waals surface area contributed by atoms with E-state index in [1.165, 1.54) is 11.3 Å². The smallest absolute Gasteiger partial charge is 0.299 e. The number of carbonyl (C=O) groups is 1. The van der Waals surface area contributed by atoms with Crippen LogP contribution in [0.4, 0.5) is 0 Å². The Labute approximate surface area is 166 Å². The second kappa shape index (κ2) is 8.02. The number of rotatable bonds is 6. The molecule has 138 valence electrons. The van der Waals surface area contributed by atoms with Crippen molar-refractivity contribution < 1.29 is 9.53 Å². The summed E-state index contributed by atoms with van der Waals surface area (Å²) in [5.41, 5.74) is 5.22. The molecule has 4 rings (SSSR count). The van der Waals surface area contributed by atoms with Crippen LogP contribution in [0.2, 0.25) is 0 Å². The molecule has 0 atom stereocenters. The van der Waals surface area contributed by atoms with Crippen LogP contribution < -0.4 is 4.74 Å². The first-order valence-electron chi connectivity index (χ1n) is 8.70. The number of ether oxygens (including phenoxy) is 1. The van der Waals surface area contributed by atoms with E-state index in [1.807, 2.05) is 53.4 Å². The molecule has 0 aliphatic rings. The number of carbonyl (C=O) groups excluding carboxylic acids is 1. The summed E-state index contributed by atoms with van der Waals surface area (Å²) in [7, 11) is 0. The van der Waals surface area contributed by atoms with Crippen LogP contribution in [0, 0.1) is 6.92 Å². The molecule has 0 amide bonds. The van der Waals surface area contributed by atoms with Gasteiger partial charge in [0, 0.05) is 22.9 Å². The summed E-state index contributed by atoms with van der Waals surface area (Å²) < 4.78 is 6.64. The van der Waals surface area contributed by atoms with Crippen molar-refractivity contribution in [1.82, 2.24) is 14.8 Å². The largest absolute Gasteiger partial charge is 0.409 e. The molecule has 0 fully saturated rings. The zero-order chi connectivity index (χ0) is 19.3. The van der Waals surface area contributed by atoms with Crippen molar-refractivity contribution in [2.75, 3.05) is 0 Å². The van der Waals surface area contributed by atoms with Gasteiger partial charge in [0.05, 0.1) is 16.8 Å². The first kappa shape index (κ1) is 17.9. The molecule has 0 aliphatic carbocycles. The SMILES string of the molecule is Cc1c(-c2ccccc2)nn(/C=C\c2nc(OC=O)cs2)c1-c1ccccc1. The highest BCUT2D eigenvalue weighted by molar-refractivity contribution is 7.10. The van der Waals surface area contributed by atoms with Crippen molar-refractivity contribution in [2.45, 2.75) is 6.92 Å². The van der Waals surface area contributed by atoms with E-state index in [4.69, 9.17) is 9.84 Å². The number of benzene rings is 2. The lowest BCUT2D eigenvalue weighted by Crippen LogP contribution is -1.93. The van der Waals surface area contributed by atoms with Gasteiger partial charge in [-0.15, -0.1) is 11.3 Å². The van der Waals surface area contributed by atoms with Crippen LogP contribution in [-0.4, -0.2) is 21.2 Å². The number of aromatic nitrogens is 3. The molecule has 2 heterocycles. The molecule has 2 aromatic carbocycles. The number of nitrogens with zero attached hydrogens (tertiary/aromatic N) is 3. The van der Waals surface area contributed by atoms with E-state index in [2.05, 4.69) is 36.2 Å². The molecule has 28 heavy (non-hydrogen) atoms. The summed E-state index contributed by atoms with van der Waals surface area (Å²) in [5.74, 6) is 0.296. The molecule has 0 saturated carbocycles. The van der Waals surface area contributed by atoms with Gasteiger partial charge in [0.2, 0.25) is 5.88 Å². The number of hydrogen-bond donors (Lipinski definition) is 0. The topological polar surface area (TPSA) is 57.0 Å². The molecule has 0 saturated heterocycles. The van der Waals surface area contributed by atoms with Crippen LogP contribution in [0.1, 0.15) is 10.6 Å². The fraction of sp³-hybridized carbons (Fsp3) is 0.0455. The third-order valence-corrected chi connectivity index (χ3v) is 5.06. The Hall–Kier alpha value is -3.51. The first-order chi connectivity index (χ1) is 13.8. The summed E-state index contributed by atoms with van der Waals surface area (Å²) in [5, 5.41) is 7.25. The van der Waals surface area contributed by atoms with Gasteiger partial charge in [-0.05, 0) is 13.0 Å². The molecule has 4 aromatic rings. The van der Waals surface area contributed by atoms with Gasteiger partial charge in [-0.2, -0.15) is 5.10 Å². The van der Waals surface area contributed by atoms with Crippen molar-refractivity contribution in [1.29, 1.82) is 0 Å². The summed E-state index contributed by atoms with van der Waals surface area (Å²) in [6.07, 6.45) is 3.74. The van der Waals surface area contributed by atoms with E-state index in [1.54, 1.807) is 5.38 Å². The summed E-state index contributed by atoms with van der Waals surface area (Å²) in [6.45, 7) is 2.46. The molecule has 0 bridgehead atoms. The Morgan fingerprint density at radius 1 is 1.00 bits per heavy atom. The molecule has 0 aliphatic heterocycles. The highest BCUT2D eigenvalue weighted by Gasteiger charge is 2.16. The minimum atomic E-state index is 0.296. The van der Waals surface area contributed by atoms with E-state index >= 15 is 0 Å². The highest BCUT2D eigenvalue weighted by Crippen LogP contribution is 2.32. The lowest BCUT2D eigenvalue weighted by Gasteiger charge is -2.04. The molecule has 0 N–H and O–H groups in total. The standard InChI is InChI=1S/C22H17N3O2S/c1-16-21(17-8-4-2-5-9-17)24-25(22(16)18-10-6-3-7-11-18)13-12-20-23-19(14-28-20)27-15-26/h2-15H,1H3/b13-12-. The van der Waals surface area contributed by atoms with Crippen molar-refractivity contribution in [3.8, 4) is 28.4 Å². The third-order valence-electron chi connectivity index (χ3n) is 4.27. The molecule has 6 heteroatoms. The van der Waals surface area contributed by atoms with Crippen molar-refractivity contribution in [2.24, 2.45) is 0 Å². The monoisotopic (exact) mass is 387 g/mol. The predicted molar refractivity (Wildman–Crippen MR) is 112 cm³/mol. The normalized spacial score (nSPS) is 11.0. The van der Waals surface area contributed by atoms with Crippen molar-refractivity contribution >= 4 is 30.1 Å². The minimum absolute atomic E-state index is 0.296. The maximum Gasteiger partial charge on any atom is 0.299 e. The van der Waals surface area contributed by atoms with Crippen LogP contribution in [-0.2, 0) is 4.79 Å². The molecule has 5 nitrogen and oxygen atoms in total. The van der Waals surface area contributed by atoms with Gasteiger partial charge in [-0.25, -0.2) is 9.67 Å². The lowest BCUT2D eigenvalue weighted by atomic mass is 10.0. The Morgan fingerprint density at radius 3 is 2.36 bits per heavy atom. The second-order valence-corrected chi connectivity index (χ2v) is 6.94. The maximum absolute atomic E-state index is 10.4. The minimum Gasteiger partial charge on any atom is -0.409 e. The van der Waals surface area contributed by atoms with Crippen molar-refractivity contribution in [3.05, 3.63) is 76.6 Å². The van der Waals surface area contributed by atoms with E-state index in [0.29, 0.717) is 12.4 Å². The van der Waals surface area contributed by atoms with Gasteiger partial charge >= 0.3 is 0 Å². The van der Waals surface area contributed by atoms with Crippen LogP contribution in [0.5, 0.6) is 5.88 Å². The van der Waals surface area contributed by atoms with Crippen LogP contribution in [0.15, 0.2) is 66.0 Å². The Bertz CT molecular complexity index is 1120. The fourth-order valence-corrected chi connectivity index (χ4v) is 3.64. The Kier molecular flexibility index (Phi) is 5.12. The Balaban J connectivity index is 1.78. The number of hydrogen-bond acceptors (Lipinski definition) is 5. The molecule has 0 radical (unpaired) electrons. The molecular weight excluding hydrogens is 370 g/mol. The predicted octanol–water partition coefficient (Wildman–Crippen LogP) is 5.15. The van der Waals surface area contributed by atoms with E-state index in [0.717, 1.165) is 33.1 Å². The molecule has 0 unspecified atom stereocenters. The quantitative estimate of drug-likeness (QED) is 0.430. The van der Waals surface area contributed by atoms with Gasteiger partial charge < -0.3 is 4.74 Å². The van der Waals surface area contributed by atoms with Crippen molar-refractivity contribution in [3.63, 3.8) is 0 Å². The Morgan fingerprint density at radius 2 is 1.68 bits per heavy atom. The number of thiazole rings is 1. The maximum atomic E-state index is 10.4. The third kappa shape index (κ3) is 3.63. The molecule has 2 aromatic heterocycles. The van der Waals surface area contributed by atoms with E-state index in [9.17, 15) is 4.79 Å². The zero-order valence-corrected chi connectivity index (χ0v) is 16.0. The van der Waals surface area contributed by atoms with E-state index < -0.39 is 0 Å². The summed E-state index contributed by atoms with van der Waals surface area (Å²) >= 11 is 1.39. The van der Waals surface area contributed by atoms with Gasteiger partial charge in [0.15, 0.2) is 0 Å². The second-order valence-electron chi connectivity index (χ2n) is 6.05. The van der Waals surface area contributed by atoms with Crippen LogP contribution >= 0.6 is 11.3 Å². The van der Waals surface area contributed by atoms with Crippen LogP contribution in [0.25, 0.3) is 34.8 Å². The average Bonchev–Trinajstić information content (AvgIpc) is 3.32. The van der Waals surface area contributed by atoms with Gasteiger partial charge in [0.1, 0.15) is 5.01 Å². The van der Waals surface area contributed by atoms with Gasteiger partial charge in [-0.3, -0.25) is 4.79 Å². The zero-order valence-electron chi connectivity index (χ0n) is 15.1. The first-order valence-corrected chi connectivity index (χ1v) is 9.58. The fourth-order valence-electron chi connectivity index (χ4n) is 3.03. The average molecular weight is 387 g/mol. The summed E-state index contributed by atoms with van der Waals surface area (Å²) in [6, 6.07) is 20.3. The van der Waals surface area contributed by atoms with Gasteiger partial charge in [0.25, 0.3) is 6.47 Å². The van der Waals surface area contributed by atoms with E-state index in [-0.39, 0.29) is 0 Å². The summed E-state index contributed by atoms with van der Waals surface area (Å²) in [4.78, 5) is 14.7. The van der Waals surface area contributed by atoms with Gasteiger partial charge in [-0.1, -0.05) is 60.7 Å².